The highest BCUT2D eigenvalue weighted by atomic mass is 19.1. The molecule has 0 amide bonds. The topological polar surface area (TPSA) is 131 Å². The predicted molar refractivity (Wildman–Crippen MR) is 216 cm³/mol. The summed E-state index contributed by atoms with van der Waals surface area (Å²) in [7, 11) is 1.79. The lowest BCUT2D eigenvalue weighted by molar-refractivity contribution is 0.544. The summed E-state index contributed by atoms with van der Waals surface area (Å²) in [5.74, 6) is -3.34. The van der Waals surface area contributed by atoms with Crippen molar-refractivity contribution in [3.63, 3.8) is 0 Å². The summed E-state index contributed by atoms with van der Waals surface area (Å²) in [5.41, 5.74) is 2.86. The van der Waals surface area contributed by atoms with Crippen molar-refractivity contribution < 1.29 is 17.6 Å². The SMILES string of the molecule is Cn1cc2cc(-c3cc(F)c(Cn4c(=O)cnc5c(Cn6cc7c(-c8cc(F)c(Cn9c(=O)cnc%10cccnc%109)c(F)c8)cccc7n6)ccnc54)c(F)c3)ccc2n1. The highest BCUT2D eigenvalue weighted by Crippen LogP contribution is 2.32. The van der Waals surface area contributed by atoms with Gasteiger partial charge in [0.2, 0.25) is 0 Å². The molecule has 0 saturated carbocycles. The molecule has 12 nitrogen and oxygen atoms in total. The van der Waals surface area contributed by atoms with Crippen LogP contribution in [-0.4, -0.2) is 48.6 Å². The summed E-state index contributed by atoms with van der Waals surface area (Å²) in [6.07, 6.45) is 8.65. The Labute approximate surface area is 335 Å². The number of hydrogen-bond acceptors (Lipinski definition) is 8. The molecule has 0 saturated heterocycles. The Balaban J connectivity index is 0.951. The number of rotatable bonds is 8. The van der Waals surface area contributed by atoms with Gasteiger partial charge in [-0.25, -0.2) is 37.5 Å². The van der Waals surface area contributed by atoms with Crippen molar-refractivity contribution in [3.05, 3.63) is 177 Å². The molecule has 10 aromatic rings. The first-order valence-electron chi connectivity index (χ1n) is 18.6. The second-order valence-electron chi connectivity index (χ2n) is 14.3. The van der Waals surface area contributed by atoms with Crippen LogP contribution in [0.2, 0.25) is 0 Å². The molecule has 0 atom stereocenters. The van der Waals surface area contributed by atoms with E-state index in [1.165, 1.54) is 45.8 Å². The fourth-order valence-electron chi connectivity index (χ4n) is 7.62. The lowest BCUT2D eigenvalue weighted by Gasteiger charge is -2.13. The van der Waals surface area contributed by atoms with Gasteiger partial charge in [0.1, 0.15) is 34.3 Å². The molecule has 0 aliphatic heterocycles. The third-order valence-electron chi connectivity index (χ3n) is 10.5. The Morgan fingerprint density at radius 2 is 1.23 bits per heavy atom. The van der Waals surface area contributed by atoms with Gasteiger partial charge in [0.15, 0.2) is 11.3 Å². The molecule has 0 spiro atoms. The average Bonchev–Trinajstić information content (AvgIpc) is 3.83. The van der Waals surface area contributed by atoms with E-state index in [0.29, 0.717) is 44.2 Å². The number of halogens is 4. The molecule has 6 heterocycles. The molecule has 0 aliphatic carbocycles. The zero-order valence-corrected chi connectivity index (χ0v) is 31.4. The number of aryl methyl sites for hydroxylation is 1. The minimum atomic E-state index is -0.846. The monoisotopic (exact) mass is 804 g/mol. The zero-order chi connectivity index (χ0) is 41.2. The van der Waals surface area contributed by atoms with Crippen LogP contribution < -0.4 is 11.1 Å². The van der Waals surface area contributed by atoms with Crippen LogP contribution in [0.3, 0.4) is 0 Å². The Kier molecular flexibility index (Phi) is 8.62. The Morgan fingerprint density at radius 3 is 1.98 bits per heavy atom. The number of benzene rings is 4. The van der Waals surface area contributed by atoms with E-state index in [-0.39, 0.29) is 34.5 Å². The number of hydrogen-bond donors (Lipinski definition) is 0. The molecule has 60 heavy (non-hydrogen) atoms. The molecule has 4 aromatic carbocycles. The molecule has 294 valence electrons. The second kappa shape index (κ2) is 14.2. The highest BCUT2D eigenvalue weighted by molar-refractivity contribution is 5.94. The molecule has 0 N–H and O–H groups in total. The van der Waals surface area contributed by atoms with Crippen molar-refractivity contribution in [3.8, 4) is 22.3 Å². The molecule has 0 unspecified atom stereocenters. The molecular weight excluding hydrogens is 777 g/mol. The molecule has 0 bridgehead atoms. The summed E-state index contributed by atoms with van der Waals surface area (Å²) >= 11 is 0. The van der Waals surface area contributed by atoms with Gasteiger partial charge in [0, 0.05) is 59.3 Å². The first-order chi connectivity index (χ1) is 29.1. The zero-order valence-electron chi connectivity index (χ0n) is 31.4. The van der Waals surface area contributed by atoms with Gasteiger partial charge in [-0.15, -0.1) is 0 Å². The summed E-state index contributed by atoms with van der Waals surface area (Å²) in [5, 5.41) is 10.5. The van der Waals surface area contributed by atoms with E-state index in [1.54, 1.807) is 77.2 Å². The maximum atomic E-state index is 15.7. The molecule has 16 heteroatoms. The Morgan fingerprint density at radius 1 is 0.567 bits per heavy atom. The molecule has 0 radical (unpaired) electrons. The van der Waals surface area contributed by atoms with E-state index < -0.39 is 47.5 Å². The molecule has 0 aliphatic rings. The van der Waals surface area contributed by atoms with Crippen LogP contribution >= 0.6 is 0 Å². The van der Waals surface area contributed by atoms with Gasteiger partial charge in [-0.2, -0.15) is 10.2 Å². The van der Waals surface area contributed by atoms with Crippen molar-refractivity contribution in [2.24, 2.45) is 7.05 Å². The average molecular weight is 805 g/mol. The third-order valence-corrected chi connectivity index (χ3v) is 10.5. The van der Waals surface area contributed by atoms with Crippen molar-refractivity contribution in [1.82, 2.24) is 48.6 Å². The highest BCUT2D eigenvalue weighted by Gasteiger charge is 2.20. The first-order valence-corrected chi connectivity index (χ1v) is 18.6. The van der Waals surface area contributed by atoms with Crippen LogP contribution in [0.5, 0.6) is 0 Å². The fraction of sp³-hybridized carbons (Fsp3) is 0.0909. The number of nitrogens with zero attached hydrogens (tertiary/aromatic N) is 10. The van der Waals surface area contributed by atoms with Gasteiger partial charge in [-0.3, -0.25) is 28.1 Å². The quantitative estimate of drug-likeness (QED) is 0.148. The lowest BCUT2D eigenvalue weighted by Crippen LogP contribution is -2.23. The number of pyridine rings is 2. The normalized spacial score (nSPS) is 11.8. The van der Waals surface area contributed by atoms with Crippen molar-refractivity contribution >= 4 is 44.1 Å². The van der Waals surface area contributed by atoms with Crippen molar-refractivity contribution in [1.29, 1.82) is 0 Å². The van der Waals surface area contributed by atoms with E-state index in [2.05, 4.69) is 25.0 Å². The number of aromatic nitrogens is 10. The van der Waals surface area contributed by atoms with Crippen LogP contribution in [0.25, 0.3) is 66.4 Å². The summed E-state index contributed by atoms with van der Waals surface area (Å²) in [4.78, 5) is 42.8. The predicted octanol–water partition coefficient (Wildman–Crippen LogP) is 7.17. The molecular formula is C44H28F4N10O2. The van der Waals surface area contributed by atoms with Crippen LogP contribution in [0, 0.1) is 23.3 Å². The fourth-order valence-corrected chi connectivity index (χ4v) is 7.62. The maximum Gasteiger partial charge on any atom is 0.270 e. The molecule has 6 aromatic heterocycles. The van der Waals surface area contributed by atoms with Gasteiger partial charge < -0.3 is 0 Å². The van der Waals surface area contributed by atoms with Crippen molar-refractivity contribution in [2.75, 3.05) is 0 Å². The van der Waals surface area contributed by atoms with Crippen LogP contribution in [0.4, 0.5) is 17.6 Å². The van der Waals surface area contributed by atoms with Gasteiger partial charge in [-0.05, 0) is 82.9 Å². The Bertz CT molecular complexity index is 3460. The van der Waals surface area contributed by atoms with Crippen molar-refractivity contribution in [2.45, 2.75) is 19.6 Å². The number of fused-ring (bicyclic) bond motifs is 4. The van der Waals surface area contributed by atoms with E-state index in [1.807, 2.05) is 6.20 Å². The van der Waals surface area contributed by atoms with Gasteiger partial charge >= 0.3 is 0 Å². The summed E-state index contributed by atoms with van der Waals surface area (Å²) in [6.45, 7) is -0.694. The van der Waals surface area contributed by atoms with Gasteiger partial charge in [0.05, 0.1) is 43.1 Å². The third kappa shape index (κ3) is 6.34. The summed E-state index contributed by atoms with van der Waals surface area (Å²) in [6, 6.07) is 20.4. The first kappa shape index (κ1) is 36.5. The Hall–Kier alpha value is -7.88. The smallest absolute Gasteiger partial charge is 0.270 e. The molecule has 0 fully saturated rings. The minimum absolute atomic E-state index is 0.117. The van der Waals surface area contributed by atoms with Gasteiger partial charge in [-0.1, -0.05) is 18.2 Å². The van der Waals surface area contributed by atoms with Crippen LogP contribution in [0.15, 0.2) is 126 Å². The maximum absolute atomic E-state index is 15.7. The van der Waals surface area contributed by atoms with E-state index >= 15 is 17.6 Å². The van der Waals surface area contributed by atoms with E-state index in [4.69, 9.17) is 5.10 Å². The van der Waals surface area contributed by atoms with E-state index in [9.17, 15) is 9.59 Å². The standard InChI is InChI=1S/C44H28F4N10O2/c1-55-19-28-12-24(7-8-37(28)53-55)26-13-33(45)32(34(46)14-26)23-58-41(60)18-52-42-25(9-11-50-44(42)58)20-56-21-30-29(4-2-5-38(30)54-56)27-15-35(47)31(36(48)16-27)22-57-40(59)17-51-39-6-3-10-49-43(39)57/h2-19,21H,20,22-23H2,1H3. The molecule has 10 rings (SSSR count). The minimum Gasteiger partial charge on any atom is -0.285 e. The summed E-state index contributed by atoms with van der Waals surface area (Å²) < 4.78 is 68.5. The van der Waals surface area contributed by atoms with E-state index in [0.717, 1.165) is 23.3 Å². The second-order valence-corrected chi connectivity index (χ2v) is 14.3. The van der Waals surface area contributed by atoms with Crippen LogP contribution in [-0.2, 0) is 26.7 Å². The largest absolute Gasteiger partial charge is 0.285 e. The van der Waals surface area contributed by atoms with Crippen LogP contribution in [0.1, 0.15) is 16.7 Å². The lowest BCUT2D eigenvalue weighted by atomic mass is 10.00. The van der Waals surface area contributed by atoms with Gasteiger partial charge in [0.25, 0.3) is 11.1 Å².